The number of methoxy groups -OCH3 is 1. The monoisotopic (exact) mass is 291 g/mol. The molecule has 0 aliphatic heterocycles. The largest absolute Gasteiger partial charge is 0.504 e. The molecule has 3 N–H and O–H groups in total. The number of para-hydroxylation sites is 1. The fraction of sp³-hybridized carbons (Fsp3) is 0.133. The number of phenols is 1. The Morgan fingerprint density at radius 1 is 1.29 bits per heavy atom. The number of carbonyl (C=O) groups is 1. The van der Waals surface area contributed by atoms with E-state index in [1.807, 2.05) is 0 Å². The molecule has 2 rings (SSSR count). The lowest BCUT2D eigenvalue weighted by molar-refractivity contribution is -0.138. The maximum Gasteiger partial charge on any atom is 0.330 e. The highest BCUT2D eigenvalue weighted by Gasteiger charge is 2.22. The van der Waals surface area contributed by atoms with Crippen LogP contribution in [0.25, 0.3) is 0 Å². The number of anilines is 1. The molecule has 0 aliphatic rings. The predicted octanol–water partition coefficient (Wildman–Crippen LogP) is 2.78. The maximum absolute atomic E-state index is 13.6. The number of phenolic OH excluding ortho intramolecular Hbond substituents is 1. The van der Waals surface area contributed by atoms with Crippen molar-refractivity contribution >= 4 is 11.7 Å². The molecule has 0 aliphatic carbocycles. The summed E-state index contributed by atoms with van der Waals surface area (Å²) >= 11 is 0. The molecule has 6 heteroatoms. The molecule has 2 aromatic rings. The Bertz CT molecular complexity index is 660. The summed E-state index contributed by atoms with van der Waals surface area (Å²) < 4.78 is 18.5. The maximum atomic E-state index is 13.6. The zero-order valence-corrected chi connectivity index (χ0v) is 11.2. The van der Waals surface area contributed by atoms with Gasteiger partial charge in [0.05, 0.1) is 12.8 Å². The summed E-state index contributed by atoms with van der Waals surface area (Å²) in [7, 11) is 1.39. The van der Waals surface area contributed by atoms with Crippen molar-refractivity contribution in [2.75, 3.05) is 12.4 Å². The molecule has 0 saturated heterocycles. The van der Waals surface area contributed by atoms with Crippen molar-refractivity contribution in [1.82, 2.24) is 0 Å². The van der Waals surface area contributed by atoms with Gasteiger partial charge >= 0.3 is 5.97 Å². The number of hydrogen-bond acceptors (Lipinski definition) is 4. The summed E-state index contributed by atoms with van der Waals surface area (Å²) in [6, 6.07) is 8.78. The van der Waals surface area contributed by atoms with Gasteiger partial charge in [-0.15, -0.1) is 0 Å². The SMILES string of the molecule is COc1ccc(C(Nc2ccccc2F)C(=O)O)cc1O. The van der Waals surface area contributed by atoms with Crippen LogP contribution in [-0.4, -0.2) is 23.3 Å². The molecule has 2 aromatic carbocycles. The van der Waals surface area contributed by atoms with Crippen molar-refractivity contribution < 1.29 is 24.1 Å². The van der Waals surface area contributed by atoms with Gasteiger partial charge in [-0.1, -0.05) is 18.2 Å². The highest BCUT2D eigenvalue weighted by atomic mass is 19.1. The smallest absolute Gasteiger partial charge is 0.330 e. The second-order valence-corrected chi connectivity index (χ2v) is 4.33. The molecule has 5 nitrogen and oxygen atoms in total. The number of halogens is 1. The summed E-state index contributed by atoms with van der Waals surface area (Å²) in [5.41, 5.74) is 0.351. The number of aromatic hydroxyl groups is 1. The Morgan fingerprint density at radius 3 is 2.57 bits per heavy atom. The Labute approximate surface area is 120 Å². The molecule has 1 atom stereocenters. The van der Waals surface area contributed by atoms with Crippen LogP contribution in [0.4, 0.5) is 10.1 Å². The van der Waals surface area contributed by atoms with E-state index in [0.717, 1.165) is 0 Å². The van der Waals surface area contributed by atoms with Crippen LogP contribution in [0.3, 0.4) is 0 Å². The van der Waals surface area contributed by atoms with Gasteiger partial charge in [0.25, 0.3) is 0 Å². The minimum atomic E-state index is -1.20. The zero-order valence-electron chi connectivity index (χ0n) is 11.2. The van der Waals surface area contributed by atoms with Crippen molar-refractivity contribution in [3.63, 3.8) is 0 Å². The van der Waals surface area contributed by atoms with Crippen LogP contribution >= 0.6 is 0 Å². The minimum absolute atomic E-state index is 0.0696. The number of ether oxygens (including phenoxy) is 1. The van der Waals surface area contributed by atoms with Crippen LogP contribution in [0.2, 0.25) is 0 Å². The number of aliphatic carboxylic acids is 1. The van der Waals surface area contributed by atoms with Gasteiger partial charge in [0.2, 0.25) is 0 Å². The van der Waals surface area contributed by atoms with Gasteiger partial charge in [-0.2, -0.15) is 0 Å². The lowest BCUT2D eigenvalue weighted by Gasteiger charge is -2.17. The van der Waals surface area contributed by atoms with Gasteiger partial charge in [0.1, 0.15) is 5.82 Å². The first-order chi connectivity index (χ1) is 10.0. The molecule has 0 heterocycles. The van der Waals surface area contributed by atoms with Gasteiger partial charge in [-0.25, -0.2) is 9.18 Å². The molecule has 1 unspecified atom stereocenters. The first-order valence-electron chi connectivity index (χ1n) is 6.13. The summed E-state index contributed by atoms with van der Waals surface area (Å²) in [6.45, 7) is 0. The molecular weight excluding hydrogens is 277 g/mol. The van der Waals surface area contributed by atoms with E-state index in [2.05, 4.69) is 5.32 Å². The van der Waals surface area contributed by atoms with Gasteiger partial charge < -0.3 is 20.3 Å². The standard InChI is InChI=1S/C15H14FNO4/c1-21-13-7-6-9(8-12(13)18)14(15(19)20)17-11-5-3-2-4-10(11)16/h2-8,14,17-18H,1H3,(H,19,20). The Hall–Kier alpha value is -2.76. The number of benzene rings is 2. The van der Waals surface area contributed by atoms with Crippen molar-refractivity contribution in [2.45, 2.75) is 6.04 Å². The molecule has 0 amide bonds. The molecule has 21 heavy (non-hydrogen) atoms. The number of carboxylic acid groups (broad SMARTS) is 1. The van der Waals surface area contributed by atoms with Crippen LogP contribution in [0, 0.1) is 5.82 Å². The second-order valence-electron chi connectivity index (χ2n) is 4.33. The fourth-order valence-corrected chi connectivity index (χ4v) is 1.91. The molecule has 0 fully saturated rings. The Kier molecular flexibility index (Phi) is 4.27. The molecular formula is C15H14FNO4. The minimum Gasteiger partial charge on any atom is -0.504 e. The average molecular weight is 291 g/mol. The molecule has 0 bridgehead atoms. The first-order valence-corrected chi connectivity index (χ1v) is 6.13. The quantitative estimate of drug-likeness (QED) is 0.789. The molecule has 0 radical (unpaired) electrons. The Balaban J connectivity index is 2.34. The Morgan fingerprint density at radius 2 is 2.00 bits per heavy atom. The van der Waals surface area contributed by atoms with E-state index < -0.39 is 17.8 Å². The van der Waals surface area contributed by atoms with Crippen LogP contribution < -0.4 is 10.1 Å². The van der Waals surface area contributed by atoms with E-state index in [4.69, 9.17) is 4.74 Å². The predicted molar refractivity (Wildman–Crippen MR) is 75.1 cm³/mol. The summed E-state index contributed by atoms with van der Waals surface area (Å²) in [6.07, 6.45) is 0. The van der Waals surface area contributed by atoms with Crippen molar-refractivity contribution in [1.29, 1.82) is 0 Å². The van der Waals surface area contributed by atoms with E-state index in [-0.39, 0.29) is 22.7 Å². The van der Waals surface area contributed by atoms with E-state index in [1.165, 1.54) is 43.5 Å². The third-order valence-corrected chi connectivity index (χ3v) is 2.96. The first kappa shape index (κ1) is 14.6. The number of carboxylic acids is 1. The van der Waals surface area contributed by atoms with Crippen molar-refractivity contribution in [3.05, 3.63) is 53.8 Å². The summed E-state index contributed by atoms with van der Waals surface area (Å²) in [5, 5.41) is 21.6. The van der Waals surface area contributed by atoms with Crippen LogP contribution in [0.1, 0.15) is 11.6 Å². The highest BCUT2D eigenvalue weighted by Crippen LogP contribution is 2.30. The highest BCUT2D eigenvalue weighted by molar-refractivity contribution is 5.79. The van der Waals surface area contributed by atoms with Gasteiger partial charge in [0.15, 0.2) is 17.5 Å². The average Bonchev–Trinajstić information content (AvgIpc) is 2.46. The molecule has 0 spiro atoms. The van der Waals surface area contributed by atoms with E-state index in [1.54, 1.807) is 6.07 Å². The second kappa shape index (κ2) is 6.13. The van der Waals surface area contributed by atoms with Crippen LogP contribution in [0.15, 0.2) is 42.5 Å². The number of rotatable bonds is 5. The topological polar surface area (TPSA) is 78.8 Å². The van der Waals surface area contributed by atoms with E-state index in [9.17, 15) is 19.4 Å². The normalized spacial score (nSPS) is 11.7. The number of nitrogens with one attached hydrogen (secondary N) is 1. The van der Waals surface area contributed by atoms with E-state index in [0.29, 0.717) is 0 Å². The molecule has 110 valence electrons. The number of hydrogen-bond donors (Lipinski definition) is 3. The van der Waals surface area contributed by atoms with Crippen LogP contribution in [-0.2, 0) is 4.79 Å². The summed E-state index contributed by atoms with van der Waals surface area (Å²) in [4.78, 5) is 11.4. The summed E-state index contributed by atoms with van der Waals surface area (Å²) in [5.74, 6) is -1.70. The van der Waals surface area contributed by atoms with Crippen LogP contribution in [0.5, 0.6) is 11.5 Å². The molecule has 0 aromatic heterocycles. The third kappa shape index (κ3) is 3.22. The zero-order chi connectivity index (χ0) is 15.4. The van der Waals surface area contributed by atoms with Gasteiger partial charge in [-0.05, 0) is 29.8 Å². The third-order valence-electron chi connectivity index (χ3n) is 2.96. The lowest BCUT2D eigenvalue weighted by atomic mass is 10.1. The fourth-order valence-electron chi connectivity index (χ4n) is 1.91. The van der Waals surface area contributed by atoms with Crippen molar-refractivity contribution in [3.8, 4) is 11.5 Å². The lowest BCUT2D eigenvalue weighted by Crippen LogP contribution is -2.21. The van der Waals surface area contributed by atoms with Crippen molar-refractivity contribution in [2.24, 2.45) is 0 Å². The van der Waals surface area contributed by atoms with Gasteiger partial charge in [0, 0.05) is 0 Å². The van der Waals surface area contributed by atoms with Gasteiger partial charge in [-0.3, -0.25) is 0 Å². The molecule has 0 saturated carbocycles. The van der Waals surface area contributed by atoms with E-state index >= 15 is 0 Å².